The molecule has 1 N–H and O–H groups in total. The number of rotatable bonds is 7. The van der Waals surface area contributed by atoms with Gasteiger partial charge in [0.15, 0.2) is 0 Å². The highest BCUT2D eigenvalue weighted by Crippen LogP contribution is 2.24. The molecule has 2 aromatic carbocycles. The van der Waals surface area contributed by atoms with Gasteiger partial charge in [-0.3, -0.25) is 4.98 Å². The van der Waals surface area contributed by atoms with Crippen LogP contribution in [0.25, 0.3) is 0 Å². The minimum atomic E-state index is -3.61. The minimum absolute atomic E-state index is 0.219. The SMILES string of the molecule is COc1ccc(S(=O)(=O)NCc2ccccc2N2CCN(c3ccncc3)CC2)cc1. The number of hydrogen-bond donors (Lipinski definition) is 1. The maximum Gasteiger partial charge on any atom is 0.240 e. The highest BCUT2D eigenvalue weighted by molar-refractivity contribution is 7.89. The normalized spacial score (nSPS) is 14.5. The molecular weight excluding hydrogens is 412 g/mol. The average Bonchev–Trinajstić information content (AvgIpc) is 2.84. The van der Waals surface area contributed by atoms with Gasteiger partial charge in [0.2, 0.25) is 10.0 Å². The average molecular weight is 439 g/mol. The third-order valence-electron chi connectivity index (χ3n) is 5.46. The van der Waals surface area contributed by atoms with Gasteiger partial charge in [0.25, 0.3) is 0 Å². The van der Waals surface area contributed by atoms with E-state index in [1.165, 1.54) is 5.69 Å². The highest BCUT2D eigenvalue weighted by Gasteiger charge is 2.20. The molecule has 0 spiro atoms. The first-order valence-electron chi connectivity index (χ1n) is 10.2. The summed E-state index contributed by atoms with van der Waals surface area (Å²) in [6.07, 6.45) is 3.62. The van der Waals surface area contributed by atoms with E-state index in [0.29, 0.717) is 5.75 Å². The zero-order valence-corrected chi connectivity index (χ0v) is 18.3. The van der Waals surface area contributed by atoms with Crippen LogP contribution >= 0.6 is 0 Å². The van der Waals surface area contributed by atoms with Crippen molar-refractivity contribution in [2.45, 2.75) is 11.4 Å². The van der Waals surface area contributed by atoms with Crippen LogP contribution in [0.4, 0.5) is 11.4 Å². The van der Waals surface area contributed by atoms with Gasteiger partial charge >= 0.3 is 0 Å². The van der Waals surface area contributed by atoms with E-state index in [9.17, 15) is 8.42 Å². The predicted octanol–water partition coefficient (Wildman–Crippen LogP) is 2.90. The number of methoxy groups -OCH3 is 1. The Morgan fingerprint density at radius 1 is 0.903 bits per heavy atom. The van der Waals surface area contributed by atoms with E-state index in [2.05, 4.69) is 25.6 Å². The number of aromatic nitrogens is 1. The molecule has 0 amide bonds. The van der Waals surface area contributed by atoms with E-state index in [1.807, 2.05) is 42.7 Å². The molecule has 1 saturated heterocycles. The van der Waals surface area contributed by atoms with Crippen molar-refractivity contribution < 1.29 is 13.2 Å². The van der Waals surface area contributed by atoms with Crippen molar-refractivity contribution in [1.29, 1.82) is 0 Å². The van der Waals surface area contributed by atoms with Gasteiger partial charge in [-0.15, -0.1) is 0 Å². The number of anilines is 2. The van der Waals surface area contributed by atoms with Crippen LogP contribution in [0.3, 0.4) is 0 Å². The van der Waals surface area contributed by atoms with Crippen LogP contribution in [0.15, 0.2) is 78.0 Å². The van der Waals surface area contributed by atoms with Gasteiger partial charge in [-0.2, -0.15) is 0 Å². The molecule has 1 aliphatic rings. The van der Waals surface area contributed by atoms with Crippen molar-refractivity contribution in [2.24, 2.45) is 0 Å². The van der Waals surface area contributed by atoms with Crippen molar-refractivity contribution in [3.63, 3.8) is 0 Å². The van der Waals surface area contributed by atoms with Gasteiger partial charge in [0.05, 0.1) is 12.0 Å². The largest absolute Gasteiger partial charge is 0.497 e. The number of hydrogen-bond acceptors (Lipinski definition) is 6. The quantitative estimate of drug-likeness (QED) is 0.611. The lowest BCUT2D eigenvalue weighted by atomic mass is 10.1. The molecule has 0 atom stereocenters. The second kappa shape index (κ2) is 9.36. The van der Waals surface area contributed by atoms with Gasteiger partial charge in [-0.05, 0) is 48.0 Å². The summed E-state index contributed by atoms with van der Waals surface area (Å²) in [7, 11) is -2.06. The monoisotopic (exact) mass is 438 g/mol. The van der Waals surface area contributed by atoms with E-state index in [0.717, 1.165) is 37.4 Å². The molecule has 2 heterocycles. The number of benzene rings is 2. The molecule has 0 radical (unpaired) electrons. The van der Waals surface area contributed by atoms with Gasteiger partial charge < -0.3 is 14.5 Å². The Labute approximate surface area is 183 Å². The number of piperazine rings is 1. The first kappa shape index (κ1) is 21.1. The number of pyridine rings is 1. The molecule has 0 aliphatic carbocycles. The van der Waals surface area contributed by atoms with E-state index < -0.39 is 10.0 Å². The lowest BCUT2D eigenvalue weighted by Crippen LogP contribution is -2.47. The molecule has 1 aliphatic heterocycles. The maximum atomic E-state index is 12.7. The maximum absolute atomic E-state index is 12.7. The first-order valence-corrected chi connectivity index (χ1v) is 11.7. The summed E-state index contributed by atoms with van der Waals surface area (Å²) >= 11 is 0. The zero-order valence-electron chi connectivity index (χ0n) is 17.4. The topological polar surface area (TPSA) is 74.8 Å². The van der Waals surface area contributed by atoms with Crippen LogP contribution in [0.1, 0.15) is 5.56 Å². The molecule has 1 fully saturated rings. The zero-order chi connectivity index (χ0) is 21.7. The summed E-state index contributed by atoms with van der Waals surface area (Å²) in [5.41, 5.74) is 3.20. The highest BCUT2D eigenvalue weighted by atomic mass is 32.2. The Morgan fingerprint density at radius 2 is 1.55 bits per heavy atom. The first-order chi connectivity index (χ1) is 15.1. The summed E-state index contributed by atoms with van der Waals surface area (Å²) < 4.78 is 33.3. The molecule has 1 aromatic heterocycles. The number of nitrogens with one attached hydrogen (secondary N) is 1. The van der Waals surface area contributed by atoms with Gasteiger partial charge in [0.1, 0.15) is 5.75 Å². The van der Waals surface area contributed by atoms with Crippen LogP contribution in [0, 0.1) is 0 Å². The van der Waals surface area contributed by atoms with Gasteiger partial charge in [-0.1, -0.05) is 18.2 Å². The fraction of sp³-hybridized carbons (Fsp3) is 0.261. The van der Waals surface area contributed by atoms with Crippen LogP contribution in [-0.4, -0.2) is 46.7 Å². The van der Waals surface area contributed by atoms with E-state index in [1.54, 1.807) is 31.4 Å². The lowest BCUT2D eigenvalue weighted by Gasteiger charge is -2.38. The number of para-hydroxylation sites is 1. The molecule has 4 rings (SSSR count). The molecule has 3 aromatic rings. The van der Waals surface area contributed by atoms with Crippen LogP contribution in [-0.2, 0) is 16.6 Å². The summed E-state index contributed by atoms with van der Waals surface area (Å²) in [5.74, 6) is 0.621. The molecule has 0 bridgehead atoms. The summed E-state index contributed by atoms with van der Waals surface area (Å²) in [5, 5.41) is 0. The smallest absolute Gasteiger partial charge is 0.240 e. The fourth-order valence-corrected chi connectivity index (χ4v) is 4.75. The molecule has 31 heavy (non-hydrogen) atoms. The Hall–Kier alpha value is -3.10. The number of nitrogens with zero attached hydrogens (tertiary/aromatic N) is 3. The third kappa shape index (κ3) is 4.98. The van der Waals surface area contributed by atoms with Crippen LogP contribution in [0.2, 0.25) is 0 Å². The molecule has 7 nitrogen and oxygen atoms in total. The number of sulfonamides is 1. The Bertz CT molecular complexity index is 1100. The standard InChI is InChI=1S/C23H26N4O3S/c1-30-21-6-8-22(9-7-21)31(28,29)25-18-19-4-2-3-5-23(19)27-16-14-26(15-17-27)20-10-12-24-13-11-20/h2-13,25H,14-18H2,1H3. The van der Waals surface area contributed by atoms with Crippen molar-refractivity contribution in [3.05, 3.63) is 78.6 Å². The number of ether oxygens (including phenoxy) is 1. The predicted molar refractivity (Wildman–Crippen MR) is 122 cm³/mol. The fourth-order valence-electron chi connectivity index (χ4n) is 3.74. The summed E-state index contributed by atoms with van der Waals surface area (Å²) in [6, 6.07) is 18.4. The molecule has 0 saturated carbocycles. The van der Waals surface area contributed by atoms with Gasteiger partial charge in [0, 0.05) is 56.5 Å². The molecule has 0 unspecified atom stereocenters. The molecule has 162 valence electrons. The van der Waals surface area contributed by atoms with Crippen LogP contribution in [0.5, 0.6) is 5.75 Å². The minimum Gasteiger partial charge on any atom is -0.497 e. The third-order valence-corrected chi connectivity index (χ3v) is 6.88. The lowest BCUT2D eigenvalue weighted by molar-refractivity contribution is 0.414. The Morgan fingerprint density at radius 3 is 2.23 bits per heavy atom. The molecule has 8 heteroatoms. The molecular formula is C23H26N4O3S. The summed E-state index contributed by atoms with van der Waals surface area (Å²) in [6.45, 7) is 3.76. The van der Waals surface area contributed by atoms with Crippen molar-refractivity contribution in [2.75, 3.05) is 43.1 Å². The Balaban J connectivity index is 1.43. The second-order valence-electron chi connectivity index (χ2n) is 7.31. The summed E-state index contributed by atoms with van der Waals surface area (Å²) in [4.78, 5) is 8.96. The second-order valence-corrected chi connectivity index (χ2v) is 9.08. The Kier molecular flexibility index (Phi) is 6.39. The van der Waals surface area contributed by atoms with Crippen molar-refractivity contribution in [3.8, 4) is 5.75 Å². The van der Waals surface area contributed by atoms with E-state index >= 15 is 0 Å². The van der Waals surface area contributed by atoms with Gasteiger partial charge in [-0.25, -0.2) is 13.1 Å². The van der Waals surface area contributed by atoms with Crippen molar-refractivity contribution >= 4 is 21.4 Å². The van der Waals surface area contributed by atoms with E-state index in [-0.39, 0.29) is 11.4 Å². The van der Waals surface area contributed by atoms with Crippen molar-refractivity contribution in [1.82, 2.24) is 9.71 Å². The van der Waals surface area contributed by atoms with Crippen LogP contribution < -0.4 is 19.3 Å². The van der Waals surface area contributed by atoms with E-state index in [4.69, 9.17) is 4.74 Å².